The predicted molar refractivity (Wildman–Crippen MR) is 55.6 cm³/mol. The third kappa shape index (κ3) is 2.30. The number of aliphatic carboxylic acids is 1. The van der Waals surface area contributed by atoms with Crippen molar-refractivity contribution in [3.63, 3.8) is 0 Å². The average Bonchev–Trinajstić information content (AvgIpc) is 2.68. The number of nitrogens with zero attached hydrogens (tertiary/aromatic N) is 1. The molecule has 1 aromatic heterocycles. The van der Waals surface area contributed by atoms with Gasteiger partial charge in [0.1, 0.15) is 5.52 Å². The highest BCUT2D eigenvalue weighted by Gasteiger charge is 2.15. The summed E-state index contributed by atoms with van der Waals surface area (Å²) in [6.45, 7) is 0. The van der Waals surface area contributed by atoms with Gasteiger partial charge in [0, 0.05) is 17.7 Å². The Labute approximate surface area is 94.2 Å². The molecule has 0 unspecified atom stereocenters. The van der Waals surface area contributed by atoms with E-state index < -0.39 is 12.4 Å². The van der Waals surface area contributed by atoms with E-state index >= 15 is 0 Å². The first kappa shape index (κ1) is 11.3. The van der Waals surface area contributed by atoms with Gasteiger partial charge >= 0.3 is 5.97 Å². The SMILES string of the molecule is O=C(O)/C=C/c1nc2c(C(F)F)cccc2o1. The molecular formula is C11H7F2NO3. The van der Waals surface area contributed by atoms with Crippen molar-refractivity contribution in [2.75, 3.05) is 0 Å². The van der Waals surface area contributed by atoms with Crippen LogP contribution in [0.15, 0.2) is 28.7 Å². The molecular weight excluding hydrogens is 232 g/mol. The molecule has 0 radical (unpaired) electrons. The monoisotopic (exact) mass is 239 g/mol. The lowest BCUT2D eigenvalue weighted by Crippen LogP contribution is -1.86. The summed E-state index contributed by atoms with van der Waals surface area (Å²) in [4.78, 5) is 14.1. The molecule has 0 atom stereocenters. The summed E-state index contributed by atoms with van der Waals surface area (Å²) in [5.41, 5.74) is 0.0154. The first-order valence-electron chi connectivity index (χ1n) is 4.66. The first-order valence-corrected chi connectivity index (χ1v) is 4.66. The molecule has 1 N–H and O–H groups in total. The van der Waals surface area contributed by atoms with Gasteiger partial charge in [-0.25, -0.2) is 18.6 Å². The Morgan fingerprint density at radius 1 is 1.47 bits per heavy atom. The van der Waals surface area contributed by atoms with E-state index in [1.807, 2.05) is 0 Å². The minimum atomic E-state index is -2.65. The van der Waals surface area contributed by atoms with Gasteiger partial charge in [0.25, 0.3) is 6.43 Å². The number of carboxylic acid groups (broad SMARTS) is 1. The van der Waals surface area contributed by atoms with Gasteiger partial charge in [0.2, 0.25) is 5.89 Å². The fourth-order valence-electron chi connectivity index (χ4n) is 1.38. The van der Waals surface area contributed by atoms with Gasteiger partial charge in [-0.05, 0) is 6.07 Å². The van der Waals surface area contributed by atoms with Crippen molar-refractivity contribution in [1.29, 1.82) is 0 Å². The molecule has 1 heterocycles. The number of hydrogen-bond donors (Lipinski definition) is 1. The van der Waals surface area contributed by atoms with E-state index in [1.54, 1.807) is 0 Å². The van der Waals surface area contributed by atoms with Crippen molar-refractivity contribution in [1.82, 2.24) is 4.98 Å². The predicted octanol–water partition coefficient (Wildman–Crippen LogP) is 2.86. The van der Waals surface area contributed by atoms with Crippen LogP contribution in [0.3, 0.4) is 0 Å². The molecule has 88 valence electrons. The molecule has 4 nitrogen and oxygen atoms in total. The average molecular weight is 239 g/mol. The Hall–Kier alpha value is -2.24. The van der Waals surface area contributed by atoms with Crippen LogP contribution in [0.2, 0.25) is 0 Å². The molecule has 0 aliphatic heterocycles. The Morgan fingerprint density at radius 3 is 2.88 bits per heavy atom. The van der Waals surface area contributed by atoms with Gasteiger partial charge in [0.05, 0.1) is 0 Å². The molecule has 0 bridgehead atoms. The van der Waals surface area contributed by atoms with Crippen LogP contribution in [-0.2, 0) is 4.79 Å². The molecule has 2 aromatic rings. The molecule has 0 fully saturated rings. The van der Waals surface area contributed by atoms with Crippen LogP contribution in [-0.4, -0.2) is 16.1 Å². The standard InChI is InChI=1S/C11H7F2NO3/c12-11(13)6-2-1-3-7-10(6)14-8(17-7)4-5-9(15)16/h1-5,11H,(H,15,16)/b5-4+. The van der Waals surface area contributed by atoms with Gasteiger partial charge in [-0.1, -0.05) is 12.1 Å². The number of rotatable bonds is 3. The third-order valence-electron chi connectivity index (χ3n) is 2.07. The number of halogens is 2. The van der Waals surface area contributed by atoms with E-state index in [2.05, 4.69) is 4.98 Å². The summed E-state index contributed by atoms with van der Waals surface area (Å²) in [6, 6.07) is 4.17. The Morgan fingerprint density at radius 2 is 2.24 bits per heavy atom. The molecule has 2 rings (SSSR count). The van der Waals surface area contributed by atoms with Crippen molar-refractivity contribution in [2.24, 2.45) is 0 Å². The van der Waals surface area contributed by atoms with E-state index in [-0.39, 0.29) is 22.6 Å². The van der Waals surface area contributed by atoms with Crippen LogP contribution < -0.4 is 0 Å². The molecule has 0 amide bonds. The van der Waals surface area contributed by atoms with Crippen molar-refractivity contribution in [2.45, 2.75) is 6.43 Å². The number of aromatic nitrogens is 1. The quantitative estimate of drug-likeness (QED) is 0.836. The molecule has 0 aliphatic rings. The van der Waals surface area contributed by atoms with Crippen LogP contribution >= 0.6 is 0 Å². The van der Waals surface area contributed by atoms with E-state index in [0.29, 0.717) is 0 Å². The highest BCUT2D eigenvalue weighted by atomic mass is 19.3. The zero-order chi connectivity index (χ0) is 12.4. The number of hydrogen-bond acceptors (Lipinski definition) is 3. The van der Waals surface area contributed by atoms with E-state index in [9.17, 15) is 13.6 Å². The zero-order valence-corrected chi connectivity index (χ0v) is 8.43. The highest BCUT2D eigenvalue weighted by Crippen LogP contribution is 2.27. The maximum absolute atomic E-state index is 12.6. The smallest absolute Gasteiger partial charge is 0.328 e. The van der Waals surface area contributed by atoms with Gasteiger partial charge in [-0.3, -0.25) is 0 Å². The number of alkyl halides is 2. The van der Waals surface area contributed by atoms with Gasteiger partial charge in [0.15, 0.2) is 5.58 Å². The highest BCUT2D eigenvalue weighted by molar-refractivity contribution is 5.85. The number of fused-ring (bicyclic) bond motifs is 1. The first-order chi connectivity index (χ1) is 8.08. The molecule has 1 aromatic carbocycles. The van der Waals surface area contributed by atoms with Gasteiger partial charge in [-0.15, -0.1) is 0 Å². The lowest BCUT2D eigenvalue weighted by atomic mass is 10.2. The van der Waals surface area contributed by atoms with Gasteiger partial charge < -0.3 is 9.52 Å². The second-order valence-electron chi connectivity index (χ2n) is 3.22. The van der Waals surface area contributed by atoms with Crippen LogP contribution in [0, 0.1) is 0 Å². The number of oxazole rings is 1. The number of para-hydroxylation sites is 1. The normalized spacial score (nSPS) is 11.7. The van der Waals surface area contributed by atoms with Crippen LogP contribution in [0.5, 0.6) is 0 Å². The number of carboxylic acids is 1. The van der Waals surface area contributed by atoms with Crippen molar-refractivity contribution in [3.05, 3.63) is 35.7 Å². The van der Waals surface area contributed by atoms with E-state index in [4.69, 9.17) is 9.52 Å². The summed E-state index contributed by atoms with van der Waals surface area (Å²) < 4.78 is 30.4. The molecule has 0 saturated carbocycles. The van der Waals surface area contributed by atoms with Gasteiger partial charge in [-0.2, -0.15) is 0 Å². The van der Waals surface area contributed by atoms with E-state index in [1.165, 1.54) is 18.2 Å². The van der Waals surface area contributed by atoms with Crippen molar-refractivity contribution in [3.8, 4) is 0 Å². The molecule has 6 heteroatoms. The van der Waals surface area contributed by atoms with E-state index in [0.717, 1.165) is 12.2 Å². The Balaban J connectivity index is 2.50. The maximum atomic E-state index is 12.6. The fraction of sp³-hybridized carbons (Fsp3) is 0.0909. The summed E-state index contributed by atoms with van der Waals surface area (Å²) in [6.07, 6.45) is -0.718. The largest absolute Gasteiger partial charge is 0.478 e. The third-order valence-corrected chi connectivity index (χ3v) is 2.07. The minimum absolute atomic E-state index is 0.0181. The minimum Gasteiger partial charge on any atom is -0.478 e. The second-order valence-corrected chi connectivity index (χ2v) is 3.22. The summed E-state index contributed by atoms with van der Waals surface area (Å²) >= 11 is 0. The van der Waals surface area contributed by atoms with Crippen LogP contribution in [0.25, 0.3) is 17.2 Å². The topological polar surface area (TPSA) is 63.3 Å². The zero-order valence-electron chi connectivity index (χ0n) is 8.43. The number of benzene rings is 1. The van der Waals surface area contributed by atoms with Crippen LogP contribution in [0.1, 0.15) is 17.9 Å². The molecule has 0 aliphatic carbocycles. The number of carbonyl (C=O) groups is 1. The van der Waals surface area contributed by atoms with Crippen LogP contribution in [0.4, 0.5) is 8.78 Å². The second kappa shape index (κ2) is 4.32. The Kier molecular flexibility index (Phi) is 2.86. The molecule has 17 heavy (non-hydrogen) atoms. The lowest BCUT2D eigenvalue weighted by Gasteiger charge is -1.97. The van der Waals surface area contributed by atoms with Crippen molar-refractivity contribution < 1.29 is 23.1 Å². The molecule has 0 saturated heterocycles. The maximum Gasteiger partial charge on any atom is 0.328 e. The summed E-state index contributed by atoms with van der Waals surface area (Å²) in [5, 5.41) is 8.42. The fourth-order valence-corrected chi connectivity index (χ4v) is 1.38. The summed E-state index contributed by atoms with van der Waals surface area (Å²) in [5.74, 6) is -1.18. The summed E-state index contributed by atoms with van der Waals surface area (Å²) in [7, 11) is 0. The lowest BCUT2D eigenvalue weighted by molar-refractivity contribution is -0.131. The Bertz CT molecular complexity index is 589. The molecule has 0 spiro atoms. The van der Waals surface area contributed by atoms with Crippen molar-refractivity contribution >= 4 is 23.1 Å².